The Morgan fingerprint density at radius 2 is 1.81 bits per heavy atom. The minimum absolute atomic E-state index is 0.287. The molecule has 6 nitrogen and oxygen atoms in total. The van der Waals surface area contributed by atoms with Crippen molar-refractivity contribution in [1.82, 2.24) is 19.9 Å². The Morgan fingerprint density at radius 3 is 2.58 bits per heavy atom. The lowest BCUT2D eigenvalue weighted by molar-refractivity contribution is 0.0941. The van der Waals surface area contributed by atoms with Crippen molar-refractivity contribution in [2.24, 2.45) is 0 Å². The highest BCUT2D eigenvalue weighted by atomic mass is 19.1. The van der Waals surface area contributed by atoms with E-state index in [2.05, 4.69) is 15.4 Å². The molecule has 7 heteroatoms. The number of benzene rings is 2. The fourth-order valence-electron chi connectivity index (χ4n) is 3.39. The van der Waals surface area contributed by atoms with Gasteiger partial charge in [0.1, 0.15) is 5.82 Å². The summed E-state index contributed by atoms with van der Waals surface area (Å²) in [6, 6.07) is 13.8. The molecule has 0 fully saturated rings. The van der Waals surface area contributed by atoms with E-state index in [1.807, 2.05) is 25.4 Å². The predicted molar refractivity (Wildman–Crippen MR) is 115 cm³/mol. The topological polar surface area (TPSA) is 76.4 Å². The maximum Gasteiger partial charge on any atom is 0.252 e. The highest BCUT2D eigenvalue weighted by molar-refractivity contribution is 6.15. The number of amides is 1. The monoisotopic (exact) mass is 416 g/mol. The number of aryl methyl sites for hydroxylation is 2. The number of nitrogens with one attached hydrogen (secondary N) is 1. The number of carbonyl (C=O) groups excluding carboxylic acids is 2. The zero-order chi connectivity index (χ0) is 21.8. The largest absolute Gasteiger partial charge is 0.352 e. The molecule has 0 atom stereocenters. The van der Waals surface area contributed by atoms with E-state index in [4.69, 9.17) is 0 Å². The molecule has 0 spiro atoms. The highest BCUT2D eigenvalue weighted by Gasteiger charge is 2.17. The van der Waals surface area contributed by atoms with Gasteiger partial charge in [-0.2, -0.15) is 5.10 Å². The van der Waals surface area contributed by atoms with Crippen LogP contribution in [0.1, 0.15) is 44.0 Å². The van der Waals surface area contributed by atoms with Crippen LogP contribution >= 0.6 is 0 Å². The third kappa shape index (κ3) is 4.66. The minimum atomic E-state index is -0.417. The molecule has 0 bridgehead atoms. The predicted octanol–water partition coefficient (Wildman–Crippen LogP) is 3.77. The SMILES string of the molecule is Cc1cc2ncc(CCCNC(=O)c3ccccc3C(=O)c3ccc(F)cc3)cn2n1. The number of ketones is 1. The van der Waals surface area contributed by atoms with Crippen molar-refractivity contribution in [3.8, 4) is 0 Å². The van der Waals surface area contributed by atoms with Crippen molar-refractivity contribution in [1.29, 1.82) is 0 Å². The Kier molecular flexibility index (Phi) is 5.84. The molecule has 0 aliphatic rings. The van der Waals surface area contributed by atoms with Crippen LogP contribution in [0.2, 0.25) is 0 Å². The molecular weight excluding hydrogens is 395 g/mol. The van der Waals surface area contributed by atoms with Gasteiger partial charge in [-0.05, 0) is 55.7 Å². The fourth-order valence-corrected chi connectivity index (χ4v) is 3.39. The Balaban J connectivity index is 1.38. The molecule has 2 aromatic heterocycles. The zero-order valence-electron chi connectivity index (χ0n) is 17.0. The maximum absolute atomic E-state index is 13.1. The average Bonchev–Trinajstić information content (AvgIpc) is 3.16. The molecule has 4 aromatic rings. The number of hydrogen-bond acceptors (Lipinski definition) is 4. The van der Waals surface area contributed by atoms with Crippen molar-refractivity contribution in [3.63, 3.8) is 0 Å². The van der Waals surface area contributed by atoms with Crippen molar-refractivity contribution in [2.75, 3.05) is 6.54 Å². The number of fused-ring (bicyclic) bond motifs is 1. The maximum atomic E-state index is 13.1. The van der Waals surface area contributed by atoms with E-state index < -0.39 is 5.82 Å². The van der Waals surface area contributed by atoms with Gasteiger partial charge in [0, 0.05) is 36.1 Å². The Labute approximate surface area is 178 Å². The Bertz CT molecular complexity index is 1250. The molecule has 0 radical (unpaired) electrons. The van der Waals surface area contributed by atoms with E-state index in [0.717, 1.165) is 23.3 Å². The molecule has 0 saturated heterocycles. The number of aromatic nitrogens is 3. The first kappa shape index (κ1) is 20.4. The second kappa shape index (κ2) is 8.87. The quantitative estimate of drug-likeness (QED) is 0.368. The first-order valence-corrected chi connectivity index (χ1v) is 9.99. The smallest absolute Gasteiger partial charge is 0.252 e. The standard InChI is InChI=1S/C24H21FN4O2/c1-16-13-22-27-14-17(15-29(22)28-16)5-4-12-26-24(31)21-7-3-2-6-20(21)23(30)18-8-10-19(25)11-9-18/h2-3,6-11,13-15H,4-5,12H2,1H3,(H,26,31). The van der Waals surface area contributed by atoms with Gasteiger partial charge in [-0.1, -0.05) is 18.2 Å². The van der Waals surface area contributed by atoms with E-state index in [-0.39, 0.29) is 17.3 Å². The second-order valence-corrected chi connectivity index (χ2v) is 7.29. The van der Waals surface area contributed by atoms with Crippen molar-refractivity contribution >= 4 is 17.3 Å². The number of hydrogen-bond donors (Lipinski definition) is 1. The number of nitrogens with zero attached hydrogens (tertiary/aromatic N) is 3. The summed E-state index contributed by atoms with van der Waals surface area (Å²) in [4.78, 5) is 29.9. The first-order valence-electron chi connectivity index (χ1n) is 9.99. The van der Waals surface area contributed by atoms with Crippen LogP contribution in [0.3, 0.4) is 0 Å². The summed E-state index contributed by atoms with van der Waals surface area (Å²) < 4.78 is 14.9. The van der Waals surface area contributed by atoms with Gasteiger partial charge in [-0.25, -0.2) is 13.9 Å². The van der Waals surface area contributed by atoms with E-state index in [1.165, 1.54) is 24.3 Å². The van der Waals surface area contributed by atoms with Gasteiger partial charge < -0.3 is 5.32 Å². The van der Waals surface area contributed by atoms with E-state index in [9.17, 15) is 14.0 Å². The van der Waals surface area contributed by atoms with E-state index in [1.54, 1.807) is 28.8 Å². The van der Waals surface area contributed by atoms with Gasteiger partial charge in [0.05, 0.1) is 11.3 Å². The minimum Gasteiger partial charge on any atom is -0.352 e. The molecule has 31 heavy (non-hydrogen) atoms. The van der Waals surface area contributed by atoms with Crippen LogP contribution in [-0.4, -0.2) is 32.8 Å². The van der Waals surface area contributed by atoms with Crippen molar-refractivity contribution < 1.29 is 14.0 Å². The lowest BCUT2D eigenvalue weighted by Gasteiger charge is -2.10. The number of carbonyl (C=O) groups is 2. The molecule has 1 N–H and O–H groups in total. The molecule has 0 aliphatic heterocycles. The van der Waals surface area contributed by atoms with E-state index in [0.29, 0.717) is 24.1 Å². The van der Waals surface area contributed by atoms with Gasteiger partial charge in [0.2, 0.25) is 0 Å². The van der Waals surface area contributed by atoms with Crippen LogP contribution in [-0.2, 0) is 6.42 Å². The van der Waals surface area contributed by atoms with Crippen LogP contribution < -0.4 is 5.32 Å². The molecular formula is C24H21FN4O2. The number of halogens is 1. The molecule has 156 valence electrons. The van der Waals surface area contributed by atoms with Crippen LogP contribution in [0.15, 0.2) is 67.0 Å². The van der Waals surface area contributed by atoms with Crippen LogP contribution in [0.4, 0.5) is 4.39 Å². The summed E-state index contributed by atoms with van der Waals surface area (Å²) in [6.07, 6.45) is 5.20. The Hall–Kier alpha value is -3.87. The normalized spacial score (nSPS) is 10.9. The summed E-state index contributed by atoms with van der Waals surface area (Å²) in [7, 11) is 0. The Morgan fingerprint density at radius 1 is 1.06 bits per heavy atom. The lowest BCUT2D eigenvalue weighted by atomic mass is 9.98. The summed E-state index contributed by atoms with van der Waals surface area (Å²) in [5.74, 6) is -1.05. The summed E-state index contributed by atoms with van der Waals surface area (Å²) >= 11 is 0. The van der Waals surface area contributed by atoms with Gasteiger partial charge in [-0.15, -0.1) is 0 Å². The molecule has 0 aliphatic carbocycles. The molecule has 4 rings (SSSR count). The molecule has 2 aromatic carbocycles. The summed E-state index contributed by atoms with van der Waals surface area (Å²) in [5.41, 5.74) is 3.65. The van der Waals surface area contributed by atoms with Gasteiger partial charge in [0.25, 0.3) is 5.91 Å². The third-order valence-electron chi connectivity index (χ3n) is 4.94. The van der Waals surface area contributed by atoms with Crippen LogP contribution in [0.25, 0.3) is 5.65 Å². The van der Waals surface area contributed by atoms with Gasteiger partial charge in [-0.3, -0.25) is 9.59 Å². The van der Waals surface area contributed by atoms with Gasteiger partial charge >= 0.3 is 0 Å². The number of rotatable bonds is 7. The first-order chi connectivity index (χ1) is 15.0. The van der Waals surface area contributed by atoms with Crippen LogP contribution in [0, 0.1) is 12.7 Å². The van der Waals surface area contributed by atoms with E-state index >= 15 is 0 Å². The zero-order valence-corrected chi connectivity index (χ0v) is 17.0. The van der Waals surface area contributed by atoms with Gasteiger partial charge in [0.15, 0.2) is 11.4 Å². The molecule has 1 amide bonds. The van der Waals surface area contributed by atoms with Crippen molar-refractivity contribution in [3.05, 3.63) is 101 Å². The summed E-state index contributed by atoms with van der Waals surface area (Å²) in [6.45, 7) is 2.37. The lowest BCUT2D eigenvalue weighted by Crippen LogP contribution is -2.26. The second-order valence-electron chi connectivity index (χ2n) is 7.29. The fraction of sp³-hybridized carbons (Fsp3) is 0.167. The average molecular weight is 416 g/mol. The summed E-state index contributed by atoms with van der Waals surface area (Å²) in [5, 5.41) is 7.23. The molecule has 0 unspecified atom stereocenters. The third-order valence-corrected chi connectivity index (χ3v) is 4.94. The highest BCUT2D eigenvalue weighted by Crippen LogP contribution is 2.15. The van der Waals surface area contributed by atoms with Crippen molar-refractivity contribution in [2.45, 2.75) is 19.8 Å². The molecule has 0 saturated carbocycles. The van der Waals surface area contributed by atoms with Crippen LogP contribution in [0.5, 0.6) is 0 Å². The molecule has 2 heterocycles.